The van der Waals surface area contributed by atoms with Gasteiger partial charge in [-0.25, -0.2) is 0 Å². The molecule has 1 saturated carbocycles. The Kier molecular flexibility index (Phi) is 4.50. The van der Waals surface area contributed by atoms with E-state index in [0.29, 0.717) is 12.6 Å². The van der Waals surface area contributed by atoms with Gasteiger partial charge in [-0.15, -0.1) is 0 Å². The van der Waals surface area contributed by atoms with Crippen LogP contribution in [0.5, 0.6) is 0 Å². The van der Waals surface area contributed by atoms with Gasteiger partial charge in [-0.2, -0.15) is 0 Å². The van der Waals surface area contributed by atoms with Gasteiger partial charge < -0.3 is 10.0 Å². The molecule has 2 atom stereocenters. The predicted octanol–water partition coefficient (Wildman–Crippen LogP) is 2.11. The van der Waals surface area contributed by atoms with Crippen molar-refractivity contribution in [1.82, 2.24) is 9.80 Å². The molecule has 1 aliphatic carbocycles. The molecule has 120 valence electrons. The van der Waals surface area contributed by atoms with Gasteiger partial charge in [0.25, 0.3) is 0 Å². The van der Waals surface area contributed by atoms with Crippen LogP contribution in [0, 0.1) is 6.92 Å². The second-order valence-electron chi connectivity index (χ2n) is 6.58. The van der Waals surface area contributed by atoms with Crippen LogP contribution in [0.25, 0.3) is 0 Å². The monoisotopic (exact) mass is 302 g/mol. The van der Waals surface area contributed by atoms with Crippen molar-refractivity contribution >= 4 is 5.91 Å². The van der Waals surface area contributed by atoms with Gasteiger partial charge in [0.15, 0.2) is 0 Å². The van der Waals surface area contributed by atoms with Gasteiger partial charge in [-0.05, 0) is 38.3 Å². The Labute approximate surface area is 132 Å². The fourth-order valence-electron chi connectivity index (χ4n) is 3.37. The number of rotatable bonds is 6. The van der Waals surface area contributed by atoms with Crippen molar-refractivity contribution in [3.8, 4) is 0 Å². The summed E-state index contributed by atoms with van der Waals surface area (Å²) in [6.45, 7) is 6.30. The Balaban J connectivity index is 1.64. The molecule has 1 N–H and O–H groups in total. The van der Waals surface area contributed by atoms with E-state index in [-0.39, 0.29) is 11.9 Å². The molecule has 1 aromatic carbocycles. The van der Waals surface area contributed by atoms with Gasteiger partial charge in [0.2, 0.25) is 5.91 Å². The van der Waals surface area contributed by atoms with E-state index < -0.39 is 6.10 Å². The third-order valence-electron chi connectivity index (χ3n) is 4.92. The molecule has 1 aliphatic heterocycles. The van der Waals surface area contributed by atoms with Gasteiger partial charge in [0.1, 0.15) is 0 Å². The highest BCUT2D eigenvalue weighted by Gasteiger charge is 2.42. The van der Waals surface area contributed by atoms with Crippen molar-refractivity contribution in [3.05, 3.63) is 35.4 Å². The lowest BCUT2D eigenvalue weighted by molar-refractivity contribution is -0.133. The van der Waals surface area contributed by atoms with Gasteiger partial charge in [-0.1, -0.05) is 36.8 Å². The Morgan fingerprint density at radius 2 is 1.95 bits per heavy atom. The zero-order valence-corrected chi connectivity index (χ0v) is 13.5. The minimum absolute atomic E-state index is 0.0503. The summed E-state index contributed by atoms with van der Waals surface area (Å²) in [6, 6.07) is 8.43. The first-order valence-corrected chi connectivity index (χ1v) is 8.39. The molecule has 0 bridgehead atoms. The Hall–Kier alpha value is -1.39. The molecule has 1 heterocycles. The fraction of sp³-hybridized carbons (Fsp3) is 0.611. The van der Waals surface area contributed by atoms with Crippen molar-refractivity contribution in [1.29, 1.82) is 0 Å². The first-order valence-electron chi connectivity index (χ1n) is 8.39. The van der Waals surface area contributed by atoms with Gasteiger partial charge in [0.05, 0.1) is 12.1 Å². The maximum atomic E-state index is 12.6. The molecular formula is C18H26N2O2. The van der Waals surface area contributed by atoms with Crippen LogP contribution in [0.2, 0.25) is 0 Å². The first-order chi connectivity index (χ1) is 10.6. The summed E-state index contributed by atoms with van der Waals surface area (Å²) in [5, 5.41) is 10.5. The van der Waals surface area contributed by atoms with Crippen LogP contribution in [-0.2, 0) is 4.79 Å². The summed E-state index contributed by atoms with van der Waals surface area (Å²) in [5.74, 6) is 0.264. The van der Waals surface area contributed by atoms with E-state index in [2.05, 4.69) is 11.8 Å². The van der Waals surface area contributed by atoms with E-state index in [4.69, 9.17) is 0 Å². The second-order valence-corrected chi connectivity index (χ2v) is 6.58. The van der Waals surface area contributed by atoms with Gasteiger partial charge in [0, 0.05) is 19.1 Å². The molecule has 0 radical (unpaired) electrons. The first kappa shape index (κ1) is 15.5. The molecule has 2 aliphatic rings. The van der Waals surface area contributed by atoms with Gasteiger partial charge >= 0.3 is 0 Å². The maximum Gasteiger partial charge on any atom is 0.240 e. The van der Waals surface area contributed by atoms with Crippen molar-refractivity contribution in [2.24, 2.45) is 0 Å². The smallest absolute Gasteiger partial charge is 0.240 e. The number of amides is 1. The fourth-order valence-corrected chi connectivity index (χ4v) is 3.37. The molecule has 1 amide bonds. The van der Waals surface area contributed by atoms with Gasteiger partial charge in [-0.3, -0.25) is 9.69 Å². The van der Waals surface area contributed by atoms with Crippen LogP contribution < -0.4 is 0 Å². The number of nitrogens with zero attached hydrogens (tertiary/aromatic N) is 2. The number of aliphatic hydroxyl groups excluding tert-OH is 1. The van der Waals surface area contributed by atoms with E-state index in [9.17, 15) is 9.90 Å². The van der Waals surface area contributed by atoms with Crippen molar-refractivity contribution in [3.63, 3.8) is 0 Å². The summed E-state index contributed by atoms with van der Waals surface area (Å²) >= 11 is 0. The molecule has 0 spiro atoms. The molecule has 0 aromatic heterocycles. The number of aryl methyl sites for hydroxylation is 1. The van der Waals surface area contributed by atoms with Crippen LogP contribution in [0.4, 0.5) is 0 Å². The highest BCUT2D eigenvalue weighted by Crippen LogP contribution is 2.32. The topological polar surface area (TPSA) is 43.8 Å². The Bertz CT molecular complexity index is 524. The summed E-state index contributed by atoms with van der Waals surface area (Å²) in [6.07, 6.45) is 2.68. The quantitative estimate of drug-likeness (QED) is 0.875. The van der Waals surface area contributed by atoms with E-state index >= 15 is 0 Å². The zero-order valence-electron chi connectivity index (χ0n) is 13.5. The minimum atomic E-state index is -0.539. The van der Waals surface area contributed by atoms with Crippen LogP contribution in [0.3, 0.4) is 0 Å². The molecule has 4 heteroatoms. The molecule has 3 rings (SSSR count). The largest absolute Gasteiger partial charge is 0.387 e. The molecule has 22 heavy (non-hydrogen) atoms. The van der Waals surface area contributed by atoms with Crippen LogP contribution in [-0.4, -0.2) is 52.5 Å². The number of likely N-dealkylation sites (N-methyl/N-ethyl adjacent to an activating group) is 1. The van der Waals surface area contributed by atoms with Crippen LogP contribution in [0.1, 0.15) is 43.4 Å². The molecule has 1 aromatic rings. The summed E-state index contributed by atoms with van der Waals surface area (Å²) < 4.78 is 0. The number of hydrogen-bond donors (Lipinski definition) is 1. The summed E-state index contributed by atoms with van der Waals surface area (Å²) in [4.78, 5) is 16.7. The summed E-state index contributed by atoms with van der Waals surface area (Å²) in [5.41, 5.74) is 2.11. The SMILES string of the molecule is CCN(CC(O)c1ccc(C)cc1)C1CCN(C2CC2)C1=O. The third-order valence-corrected chi connectivity index (χ3v) is 4.92. The standard InChI is InChI=1S/C18H26N2O2/c1-3-19(12-17(21)14-6-4-13(2)5-7-14)16-10-11-20(18(16)22)15-8-9-15/h4-7,15-17,21H,3,8-12H2,1-2H3. The number of carbonyl (C=O) groups excluding carboxylic acids is 1. The number of carbonyl (C=O) groups is 1. The highest BCUT2D eigenvalue weighted by molar-refractivity contribution is 5.84. The second kappa shape index (κ2) is 6.39. The minimum Gasteiger partial charge on any atom is -0.387 e. The van der Waals surface area contributed by atoms with Crippen LogP contribution in [0.15, 0.2) is 24.3 Å². The zero-order chi connectivity index (χ0) is 15.7. The summed E-state index contributed by atoms with van der Waals surface area (Å²) in [7, 11) is 0. The highest BCUT2D eigenvalue weighted by atomic mass is 16.3. The average molecular weight is 302 g/mol. The van der Waals surface area contributed by atoms with E-state index in [0.717, 1.165) is 37.9 Å². The van der Waals surface area contributed by atoms with E-state index in [1.807, 2.05) is 36.1 Å². The lowest BCUT2D eigenvalue weighted by Gasteiger charge is -2.29. The molecule has 2 fully saturated rings. The normalized spacial score (nSPS) is 23.4. The molecule has 2 unspecified atom stereocenters. The molecular weight excluding hydrogens is 276 g/mol. The van der Waals surface area contributed by atoms with Crippen LogP contribution >= 0.6 is 0 Å². The molecule has 1 saturated heterocycles. The van der Waals surface area contributed by atoms with E-state index in [1.54, 1.807) is 0 Å². The van der Waals surface area contributed by atoms with Crippen molar-refractivity contribution in [2.75, 3.05) is 19.6 Å². The van der Waals surface area contributed by atoms with E-state index in [1.165, 1.54) is 5.56 Å². The predicted molar refractivity (Wildman–Crippen MR) is 86.5 cm³/mol. The Morgan fingerprint density at radius 1 is 1.27 bits per heavy atom. The average Bonchev–Trinajstić information content (AvgIpc) is 3.29. The van der Waals surface area contributed by atoms with Crippen molar-refractivity contribution < 1.29 is 9.90 Å². The maximum absolute atomic E-state index is 12.6. The number of benzene rings is 1. The van der Waals surface area contributed by atoms with Crippen molar-refractivity contribution in [2.45, 2.75) is 51.3 Å². The number of likely N-dealkylation sites (tertiary alicyclic amines) is 1. The lowest BCUT2D eigenvalue weighted by Crippen LogP contribution is -2.44. The lowest BCUT2D eigenvalue weighted by atomic mass is 10.1. The molecule has 4 nitrogen and oxygen atoms in total. The number of hydrogen-bond acceptors (Lipinski definition) is 3. The Morgan fingerprint density at radius 3 is 2.55 bits per heavy atom. The third kappa shape index (κ3) is 3.18. The number of aliphatic hydroxyl groups is 1.